The average Bonchev–Trinajstić information content (AvgIpc) is 2.53. The molecular formula is C16H17ClO4S. The van der Waals surface area contributed by atoms with Crippen molar-refractivity contribution in [3.8, 4) is 11.5 Å². The highest BCUT2D eigenvalue weighted by Gasteiger charge is 2.17. The van der Waals surface area contributed by atoms with Crippen LogP contribution in [0.3, 0.4) is 0 Å². The van der Waals surface area contributed by atoms with E-state index in [0.717, 1.165) is 0 Å². The second-order valence-electron chi connectivity index (χ2n) is 4.68. The molecule has 0 bridgehead atoms. The third-order valence-corrected chi connectivity index (χ3v) is 5.21. The van der Waals surface area contributed by atoms with Gasteiger partial charge in [-0.1, -0.05) is 29.8 Å². The minimum absolute atomic E-state index is 0.0309. The molecule has 2 aromatic carbocycles. The fraction of sp³-hybridized carbons (Fsp3) is 0.250. The molecule has 0 unspecified atom stereocenters. The van der Waals surface area contributed by atoms with Crippen LogP contribution in [0.4, 0.5) is 0 Å². The van der Waals surface area contributed by atoms with E-state index in [0.29, 0.717) is 27.0 Å². The van der Waals surface area contributed by atoms with Crippen LogP contribution in [0.1, 0.15) is 5.56 Å². The van der Waals surface area contributed by atoms with Gasteiger partial charge in [-0.2, -0.15) is 0 Å². The zero-order valence-electron chi connectivity index (χ0n) is 12.4. The van der Waals surface area contributed by atoms with Crippen LogP contribution < -0.4 is 9.47 Å². The van der Waals surface area contributed by atoms with Gasteiger partial charge in [-0.15, -0.1) is 0 Å². The number of rotatable bonds is 6. The van der Waals surface area contributed by atoms with Gasteiger partial charge in [-0.05, 0) is 24.6 Å². The second-order valence-corrected chi connectivity index (χ2v) is 7.23. The van der Waals surface area contributed by atoms with Crippen molar-refractivity contribution in [2.75, 3.05) is 20.0 Å². The highest BCUT2D eigenvalue weighted by atomic mass is 35.5. The lowest BCUT2D eigenvalue weighted by Crippen LogP contribution is -2.10. The Morgan fingerprint density at radius 2 is 1.73 bits per heavy atom. The standard InChI is InChI=1S/C16H17ClO4S/c1-20-15-11-13(17)10-12(16(15)21-2)8-9-22(18,19)14-6-4-3-5-7-14/h3-7,10-11H,8-9H2,1-2H3. The van der Waals surface area contributed by atoms with Gasteiger partial charge in [-0.3, -0.25) is 0 Å². The van der Waals surface area contributed by atoms with Gasteiger partial charge >= 0.3 is 0 Å². The third kappa shape index (κ3) is 3.72. The van der Waals surface area contributed by atoms with Crippen molar-refractivity contribution in [3.63, 3.8) is 0 Å². The maximum absolute atomic E-state index is 12.3. The summed E-state index contributed by atoms with van der Waals surface area (Å²) in [7, 11) is -0.328. The van der Waals surface area contributed by atoms with Gasteiger partial charge in [0.25, 0.3) is 0 Å². The highest BCUT2D eigenvalue weighted by molar-refractivity contribution is 7.91. The van der Waals surface area contributed by atoms with Crippen LogP contribution in [0.2, 0.25) is 5.02 Å². The van der Waals surface area contributed by atoms with Gasteiger partial charge in [0.2, 0.25) is 0 Å². The SMILES string of the molecule is COc1cc(Cl)cc(CCS(=O)(=O)c2ccccc2)c1OC. The number of methoxy groups -OCH3 is 2. The molecule has 2 aromatic rings. The van der Waals surface area contributed by atoms with Crippen LogP contribution in [0, 0.1) is 0 Å². The van der Waals surface area contributed by atoms with E-state index in [9.17, 15) is 8.42 Å². The van der Waals surface area contributed by atoms with Gasteiger partial charge in [0, 0.05) is 16.7 Å². The molecule has 118 valence electrons. The number of aryl methyl sites for hydroxylation is 1. The first kappa shape index (κ1) is 16.6. The molecule has 2 rings (SSSR count). The number of benzene rings is 2. The van der Waals surface area contributed by atoms with Crippen molar-refractivity contribution in [3.05, 3.63) is 53.1 Å². The normalized spacial score (nSPS) is 11.2. The fourth-order valence-electron chi connectivity index (χ4n) is 2.18. The molecule has 0 spiro atoms. The Hall–Kier alpha value is -1.72. The summed E-state index contributed by atoms with van der Waals surface area (Å²) in [6.45, 7) is 0. The Kier molecular flexibility index (Phi) is 5.32. The van der Waals surface area contributed by atoms with Crippen molar-refractivity contribution < 1.29 is 17.9 Å². The Labute approximate surface area is 135 Å². The fourth-order valence-corrected chi connectivity index (χ4v) is 3.71. The number of hydrogen-bond donors (Lipinski definition) is 0. The predicted octanol–water partition coefficient (Wildman–Crippen LogP) is 3.37. The van der Waals surface area contributed by atoms with Crippen LogP contribution >= 0.6 is 11.6 Å². The predicted molar refractivity (Wildman–Crippen MR) is 86.8 cm³/mol. The monoisotopic (exact) mass is 340 g/mol. The molecule has 4 nitrogen and oxygen atoms in total. The lowest BCUT2D eigenvalue weighted by Gasteiger charge is -2.13. The van der Waals surface area contributed by atoms with E-state index in [-0.39, 0.29) is 12.2 Å². The summed E-state index contributed by atoms with van der Waals surface area (Å²) in [5.74, 6) is 0.967. The summed E-state index contributed by atoms with van der Waals surface area (Å²) in [5.41, 5.74) is 0.700. The lowest BCUT2D eigenvalue weighted by atomic mass is 10.1. The number of ether oxygens (including phenoxy) is 2. The Morgan fingerprint density at radius 1 is 1.05 bits per heavy atom. The van der Waals surface area contributed by atoms with Crippen molar-refractivity contribution in [1.29, 1.82) is 0 Å². The molecule has 0 aliphatic carbocycles. The minimum Gasteiger partial charge on any atom is -0.493 e. The molecule has 0 fully saturated rings. The average molecular weight is 341 g/mol. The molecule has 0 aliphatic rings. The van der Waals surface area contributed by atoms with Gasteiger partial charge in [-0.25, -0.2) is 8.42 Å². The summed E-state index contributed by atoms with van der Waals surface area (Å²) in [4.78, 5) is 0.308. The van der Waals surface area contributed by atoms with Gasteiger partial charge in [0.05, 0.1) is 24.9 Å². The van der Waals surface area contributed by atoms with Crippen LogP contribution in [0.5, 0.6) is 11.5 Å². The molecule has 6 heteroatoms. The first-order chi connectivity index (χ1) is 10.5. The summed E-state index contributed by atoms with van der Waals surface area (Å²) in [5, 5.41) is 0.477. The van der Waals surface area contributed by atoms with Crippen LogP contribution in [0.15, 0.2) is 47.4 Å². The van der Waals surface area contributed by atoms with Crippen molar-refractivity contribution in [2.24, 2.45) is 0 Å². The van der Waals surface area contributed by atoms with Gasteiger partial charge in [0.15, 0.2) is 21.3 Å². The largest absolute Gasteiger partial charge is 0.493 e. The Bertz CT molecular complexity index is 742. The number of halogens is 1. The van der Waals surface area contributed by atoms with E-state index >= 15 is 0 Å². The lowest BCUT2D eigenvalue weighted by molar-refractivity contribution is 0.352. The van der Waals surface area contributed by atoms with E-state index in [1.54, 1.807) is 42.5 Å². The smallest absolute Gasteiger partial charge is 0.178 e. The molecule has 0 heterocycles. The third-order valence-electron chi connectivity index (χ3n) is 3.26. The van der Waals surface area contributed by atoms with Crippen molar-refractivity contribution in [2.45, 2.75) is 11.3 Å². The van der Waals surface area contributed by atoms with Crippen LogP contribution in [0.25, 0.3) is 0 Å². The molecular weight excluding hydrogens is 324 g/mol. The second kappa shape index (κ2) is 7.03. The first-order valence-corrected chi connectivity index (χ1v) is 8.69. The van der Waals surface area contributed by atoms with E-state index in [4.69, 9.17) is 21.1 Å². The molecule has 0 saturated heterocycles. The van der Waals surface area contributed by atoms with Crippen molar-refractivity contribution in [1.82, 2.24) is 0 Å². The molecule has 0 N–H and O–H groups in total. The van der Waals surface area contributed by atoms with E-state index in [1.807, 2.05) is 0 Å². The van der Waals surface area contributed by atoms with Gasteiger partial charge in [0.1, 0.15) is 0 Å². The number of hydrogen-bond acceptors (Lipinski definition) is 4. The molecule has 0 aliphatic heterocycles. The quantitative estimate of drug-likeness (QED) is 0.809. The van der Waals surface area contributed by atoms with E-state index < -0.39 is 9.84 Å². The summed E-state index contributed by atoms with van der Waals surface area (Å²) >= 11 is 6.04. The highest BCUT2D eigenvalue weighted by Crippen LogP contribution is 2.35. The van der Waals surface area contributed by atoms with Crippen molar-refractivity contribution >= 4 is 21.4 Å². The topological polar surface area (TPSA) is 52.6 Å². The maximum Gasteiger partial charge on any atom is 0.178 e. The Morgan fingerprint density at radius 3 is 2.32 bits per heavy atom. The molecule has 0 amide bonds. The number of sulfone groups is 1. The molecule has 0 atom stereocenters. The zero-order valence-corrected chi connectivity index (χ0v) is 13.9. The molecule has 22 heavy (non-hydrogen) atoms. The van der Waals surface area contributed by atoms with E-state index in [1.165, 1.54) is 14.2 Å². The maximum atomic E-state index is 12.3. The summed E-state index contributed by atoms with van der Waals surface area (Å²) in [6.07, 6.45) is 0.289. The first-order valence-electron chi connectivity index (χ1n) is 6.66. The molecule has 0 radical (unpaired) electrons. The zero-order chi connectivity index (χ0) is 16.2. The Balaban J connectivity index is 2.27. The van der Waals surface area contributed by atoms with Crippen LogP contribution in [-0.4, -0.2) is 28.4 Å². The minimum atomic E-state index is -3.36. The molecule has 0 aromatic heterocycles. The molecule has 0 saturated carbocycles. The van der Waals surface area contributed by atoms with Gasteiger partial charge < -0.3 is 9.47 Å². The summed E-state index contributed by atoms with van der Waals surface area (Å²) in [6, 6.07) is 11.7. The van der Waals surface area contributed by atoms with Crippen LogP contribution in [-0.2, 0) is 16.3 Å². The van der Waals surface area contributed by atoms with E-state index in [2.05, 4.69) is 0 Å². The summed E-state index contributed by atoms with van der Waals surface area (Å²) < 4.78 is 35.2.